The number of methoxy groups -OCH3 is 1. The Balaban J connectivity index is 1.61. The zero-order valence-corrected chi connectivity index (χ0v) is 18.5. The molecule has 2 N–H and O–H groups in total. The fourth-order valence-corrected chi connectivity index (χ4v) is 4.69. The van der Waals surface area contributed by atoms with E-state index in [1.165, 1.54) is 18.2 Å². The monoisotopic (exact) mass is 458 g/mol. The van der Waals surface area contributed by atoms with Crippen molar-refractivity contribution in [1.29, 1.82) is 0 Å². The average Bonchev–Trinajstić information content (AvgIpc) is 2.79. The predicted molar refractivity (Wildman–Crippen MR) is 122 cm³/mol. The van der Waals surface area contributed by atoms with Crippen LogP contribution in [-0.2, 0) is 21.1 Å². The van der Waals surface area contributed by atoms with Crippen molar-refractivity contribution in [3.8, 4) is 5.75 Å². The van der Waals surface area contributed by atoms with Gasteiger partial charge in [0.15, 0.2) is 0 Å². The minimum atomic E-state index is -3.79. The molecule has 0 aliphatic carbocycles. The Morgan fingerprint density at radius 3 is 2.39 bits per heavy atom. The quantitative estimate of drug-likeness (QED) is 0.507. The van der Waals surface area contributed by atoms with Crippen LogP contribution in [0, 0.1) is 0 Å². The maximum Gasteiger partial charge on any atom is 0.239 e. The second kappa shape index (κ2) is 10.3. The van der Waals surface area contributed by atoms with Gasteiger partial charge in [0.25, 0.3) is 0 Å². The number of nitrogens with one attached hydrogen (secondary N) is 2. The summed E-state index contributed by atoms with van der Waals surface area (Å²) in [5.41, 5.74) is 1.39. The van der Waals surface area contributed by atoms with E-state index in [9.17, 15) is 13.2 Å². The lowest BCUT2D eigenvalue weighted by Gasteiger charge is -2.13. The molecule has 3 rings (SSSR count). The molecule has 1 amide bonds. The van der Waals surface area contributed by atoms with Gasteiger partial charge in [0, 0.05) is 11.6 Å². The first kappa shape index (κ1) is 22.7. The van der Waals surface area contributed by atoms with Crippen LogP contribution in [0.2, 0.25) is 5.02 Å². The van der Waals surface area contributed by atoms with Gasteiger partial charge in [0.1, 0.15) is 5.75 Å². The normalized spacial score (nSPS) is 11.0. The van der Waals surface area contributed by atoms with Gasteiger partial charge < -0.3 is 15.4 Å². The second-order valence-corrected chi connectivity index (χ2v) is 9.11. The van der Waals surface area contributed by atoms with E-state index in [1.54, 1.807) is 37.4 Å². The molecule has 0 fully saturated rings. The molecule has 3 aromatic rings. The lowest BCUT2D eigenvalue weighted by molar-refractivity contribution is -0.119. The number of carbonyl (C=O) groups is 1. The molecule has 0 bridgehead atoms. The molecule has 8 heteroatoms. The minimum absolute atomic E-state index is 0.0252. The highest BCUT2D eigenvalue weighted by molar-refractivity contribution is 7.91. The standard InChI is InChI=1S/C23H23ClN2O4S/c1-30-19-10-7-17(8-11-19)13-14-25-23(27)16-26-21-12-9-18(24)15-22(21)31(28,29)20-5-3-2-4-6-20/h2-12,15,26H,13-14,16H2,1H3,(H,25,27). The Morgan fingerprint density at radius 2 is 1.71 bits per heavy atom. The van der Waals surface area contributed by atoms with E-state index in [1.807, 2.05) is 24.3 Å². The van der Waals surface area contributed by atoms with Gasteiger partial charge in [-0.3, -0.25) is 4.79 Å². The molecule has 3 aromatic carbocycles. The molecule has 0 saturated heterocycles. The lowest BCUT2D eigenvalue weighted by atomic mass is 10.1. The molecule has 31 heavy (non-hydrogen) atoms. The summed E-state index contributed by atoms with van der Waals surface area (Å²) < 4.78 is 31.2. The van der Waals surface area contributed by atoms with E-state index in [4.69, 9.17) is 16.3 Å². The Morgan fingerprint density at radius 1 is 1.00 bits per heavy atom. The van der Waals surface area contributed by atoms with Crippen molar-refractivity contribution in [2.45, 2.75) is 16.2 Å². The molecule has 0 radical (unpaired) electrons. The topological polar surface area (TPSA) is 84.5 Å². The van der Waals surface area contributed by atoms with E-state index < -0.39 is 9.84 Å². The molecule has 0 heterocycles. The zero-order valence-electron chi connectivity index (χ0n) is 17.0. The van der Waals surface area contributed by atoms with Crippen molar-refractivity contribution in [1.82, 2.24) is 5.32 Å². The molecule has 0 aliphatic heterocycles. The number of sulfone groups is 1. The van der Waals surface area contributed by atoms with E-state index in [0.29, 0.717) is 23.7 Å². The fraction of sp³-hybridized carbons (Fsp3) is 0.174. The number of rotatable bonds is 9. The SMILES string of the molecule is COc1ccc(CCNC(=O)CNc2ccc(Cl)cc2S(=O)(=O)c2ccccc2)cc1. The molecule has 0 spiro atoms. The van der Waals surface area contributed by atoms with Crippen LogP contribution in [0.3, 0.4) is 0 Å². The first-order valence-corrected chi connectivity index (χ1v) is 11.5. The van der Waals surface area contributed by atoms with Gasteiger partial charge in [-0.1, -0.05) is 41.9 Å². The summed E-state index contributed by atoms with van der Waals surface area (Å²) >= 11 is 6.04. The number of amides is 1. The van der Waals surface area contributed by atoms with E-state index >= 15 is 0 Å². The minimum Gasteiger partial charge on any atom is -0.497 e. The van der Waals surface area contributed by atoms with Gasteiger partial charge >= 0.3 is 0 Å². The number of benzene rings is 3. The van der Waals surface area contributed by atoms with Gasteiger partial charge in [-0.15, -0.1) is 0 Å². The van der Waals surface area contributed by atoms with Crippen LogP contribution in [-0.4, -0.2) is 34.5 Å². The average molecular weight is 459 g/mol. The largest absolute Gasteiger partial charge is 0.497 e. The zero-order chi connectivity index (χ0) is 22.3. The van der Waals surface area contributed by atoms with Crippen molar-refractivity contribution in [2.75, 3.05) is 25.5 Å². The number of hydrogen-bond donors (Lipinski definition) is 2. The Bertz CT molecular complexity index is 1130. The van der Waals surface area contributed by atoms with E-state index in [2.05, 4.69) is 10.6 Å². The molecule has 162 valence electrons. The van der Waals surface area contributed by atoms with Crippen LogP contribution >= 0.6 is 11.6 Å². The van der Waals surface area contributed by atoms with E-state index in [-0.39, 0.29) is 22.2 Å². The highest BCUT2D eigenvalue weighted by Crippen LogP contribution is 2.30. The summed E-state index contributed by atoms with van der Waals surface area (Å²) in [7, 11) is -2.18. The summed E-state index contributed by atoms with van der Waals surface area (Å²) in [6, 6.07) is 20.2. The van der Waals surface area contributed by atoms with Gasteiger partial charge in [-0.05, 0) is 54.4 Å². The van der Waals surface area contributed by atoms with Crippen LogP contribution in [0.25, 0.3) is 0 Å². The van der Waals surface area contributed by atoms with Crippen molar-refractivity contribution in [3.05, 3.63) is 83.4 Å². The molecule has 0 aliphatic rings. The van der Waals surface area contributed by atoms with Gasteiger partial charge in [0.2, 0.25) is 15.7 Å². The second-order valence-electron chi connectivity index (χ2n) is 6.76. The summed E-state index contributed by atoms with van der Waals surface area (Å²) in [6.07, 6.45) is 0.671. The van der Waals surface area contributed by atoms with Crippen molar-refractivity contribution >= 4 is 33.0 Å². The maximum absolute atomic E-state index is 13.0. The third-order valence-electron chi connectivity index (χ3n) is 4.62. The van der Waals surface area contributed by atoms with Crippen molar-refractivity contribution in [2.24, 2.45) is 0 Å². The number of halogens is 1. The molecule has 6 nitrogen and oxygen atoms in total. The molecule has 0 saturated carbocycles. The van der Waals surface area contributed by atoms with Crippen LogP contribution < -0.4 is 15.4 Å². The number of ether oxygens (including phenoxy) is 1. The van der Waals surface area contributed by atoms with Gasteiger partial charge in [-0.25, -0.2) is 8.42 Å². The molecule has 0 atom stereocenters. The smallest absolute Gasteiger partial charge is 0.239 e. The Hall–Kier alpha value is -3.03. The fourth-order valence-electron chi connectivity index (χ4n) is 2.97. The van der Waals surface area contributed by atoms with Crippen LogP contribution in [0.1, 0.15) is 5.56 Å². The molecular formula is C23H23ClN2O4S. The van der Waals surface area contributed by atoms with Crippen molar-refractivity contribution < 1.29 is 17.9 Å². The summed E-state index contributed by atoms with van der Waals surface area (Å²) in [5.74, 6) is 0.535. The maximum atomic E-state index is 13.0. The highest BCUT2D eigenvalue weighted by atomic mass is 35.5. The molecular weight excluding hydrogens is 436 g/mol. The first-order chi connectivity index (χ1) is 14.9. The summed E-state index contributed by atoms with van der Waals surface area (Å²) in [6.45, 7) is 0.393. The first-order valence-electron chi connectivity index (χ1n) is 9.63. The summed E-state index contributed by atoms with van der Waals surface area (Å²) in [4.78, 5) is 12.4. The molecule has 0 aromatic heterocycles. The predicted octanol–water partition coefficient (Wildman–Crippen LogP) is 3.95. The van der Waals surface area contributed by atoms with E-state index in [0.717, 1.165) is 11.3 Å². The number of carbonyl (C=O) groups excluding carboxylic acids is 1. The number of anilines is 1. The third-order valence-corrected chi connectivity index (χ3v) is 6.67. The Labute approximate surface area is 187 Å². The summed E-state index contributed by atoms with van der Waals surface area (Å²) in [5, 5.41) is 6.03. The third kappa shape index (κ3) is 5.99. The van der Waals surface area contributed by atoms with Gasteiger partial charge in [-0.2, -0.15) is 0 Å². The Kier molecular flexibility index (Phi) is 7.55. The van der Waals surface area contributed by atoms with Crippen LogP contribution in [0.15, 0.2) is 82.6 Å². The molecule has 0 unspecified atom stereocenters. The highest BCUT2D eigenvalue weighted by Gasteiger charge is 2.22. The van der Waals surface area contributed by atoms with Gasteiger partial charge in [0.05, 0.1) is 29.1 Å². The van der Waals surface area contributed by atoms with Crippen molar-refractivity contribution in [3.63, 3.8) is 0 Å². The number of hydrogen-bond acceptors (Lipinski definition) is 5. The van der Waals surface area contributed by atoms with Crippen LogP contribution in [0.4, 0.5) is 5.69 Å². The van der Waals surface area contributed by atoms with Crippen LogP contribution in [0.5, 0.6) is 5.75 Å². The lowest BCUT2D eigenvalue weighted by Crippen LogP contribution is -2.31.